The average molecular weight is 907 g/mol. The molecular weight excluding hydrogens is 805 g/mol. The summed E-state index contributed by atoms with van der Waals surface area (Å²) in [6, 6.07) is 0. The van der Waals surface area contributed by atoms with Crippen molar-refractivity contribution >= 4 is 17.9 Å². The van der Waals surface area contributed by atoms with Crippen LogP contribution in [-0.4, -0.2) is 37.2 Å². The molecule has 0 aliphatic heterocycles. The molecular formula is C59H102O6. The molecule has 0 amide bonds. The molecule has 1 atom stereocenters. The van der Waals surface area contributed by atoms with E-state index in [0.717, 1.165) is 103 Å². The molecule has 0 aliphatic carbocycles. The number of hydrogen-bond acceptors (Lipinski definition) is 6. The van der Waals surface area contributed by atoms with Crippen molar-refractivity contribution in [1.82, 2.24) is 0 Å². The summed E-state index contributed by atoms with van der Waals surface area (Å²) >= 11 is 0. The molecule has 0 spiro atoms. The summed E-state index contributed by atoms with van der Waals surface area (Å²) in [5.74, 6) is -0.937. The predicted molar refractivity (Wildman–Crippen MR) is 279 cm³/mol. The van der Waals surface area contributed by atoms with Gasteiger partial charge in [-0.05, 0) is 116 Å². The van der Waals surface area contributed by atoms with Gasteiger partial charge in [-0.3, -0.25) is 14.4 Å². The molecule has 374 valence electrons. The SMILES string of the molecule is CCCCC/C=C/C/C=C/C/C=C/C/C=C/CCCCCC(=O)OC[C@@H](COC(=O)CCCCCCC/C=C/CCCCCCC)OC(=O)CCCCCCC/C=C/CCCCCCC. The Balaban J connectivity index is 4.45. The molecule has 0 radical (unpaired) electrons. The standard InChI is InChI=1S/C59H102O6/c1-4-7-10-13-16-19-22-25-28-29-30-31-32-35-37-40-43-46-49-52-58(61)64-55-56(65-59(62)53-50-47-44-41-38-34-27-24-21-18-15-12-9-6-3)54-63-57(60)51-48-45-42-39-36-33-26-23-20-17-14-11-8-5-2/h16,19,23-28,30-31,35,37,56H,4-15,17-18,20-22,29,32-34,36,38-55H2,1-3H3/b19-16+,26-23+,27-24+,28-25+,31-30+,37-35+/t56-/m1/s1. The minimum Gasteiger partial charge on any atom is -0.462 e. The molecule has 0 aromatic carbocycles. The summed E-state index contributed by atoms with van der Waals surface area (Å²) < 4.78 is 16.8. The topological polar surface area (TPSA) is 78.9 Å². The van der Waals surface area contributed by atoms with E-state index in [1.807, 2.05) is 0 Å². The highest BCUT2D eigenvalue weighted by Gasteiger charge is 2.19. The number of allylic oxidation sites excluding steroid dienone is 12. The first kappa shape index (κ1) is 61.9. The van der Waals surface area contributed by atoms with E-state index >= 15 is 0 Å². The Morgan fingerprint density at radius 3 is 0.923 bits per heavy atom. The lowest BCUT2D eigenvalue weighted by atomic mass is 10.1. The van der Waals surface area contributed by atoms with Crippen molar-refractivity contribution in [3.63, 3.8) is 0 Å². The number of ether oxygens (including phenoxy) is 3. The maximum atomic E-state index is 12.8. The van der Waals surface area contributed by atoms with E-state index in [4.69, 9.17) is 14.2 Å². The van der Waals surface area contributed by atoms with Gasteiger partial charge in [0.15, 0.2) is 6.10 Å². The first-order chi connectivity index (χ1) is 32.0. The van der Waals surface area contributed by atoms with Crippen molar-refractivity contribution in [2.24, 2.45) is 0 Å². The summed E-state index contributed by atoms with van der Waals surface area (Å²) in [5, 5.41) is 0. The minimum atomic E-state index is -0.796. The van der Waals surface area contributed by atoms with Crippen LogP contribution in [0.15, 0.2) is 72.9 Å². The molecule has 0 rings (SSSR count). The zero-order valence-corrected chi connectivity index (χ0v) is 42.7. The Labute approximate surface area is 402 Å². The van der Waals surface area contributed by atoms with E-state index < -0.39 is 6.10 Å². The third kappa shape index (κ3) is 51.7. The molecule has 0 unspecified atom stereocenters. The van der Waals surface area contributed by atoms with E-state index in [2.05, 4.69) is 93.7 Å². The molecule has 6 heteroatoms. The largest absolute Gasteiger partial charge is 0.462 e. The summed E-state index contributed by atoms with van der Waals surface area (Å²) in [5.41, 5.74) is 0. The van der Waals surface area contributed by atoms with Gasteiger partial charge in [0.25, 0.3) is 0 Å². The number of rotatable bonds is 49. The quantitative estimate of drug-likeness (QED) is 0.0262. The fraction of sp³-hybridized carbons (Fsp3) is 0.746. The minimum absolute atomic E-state index is 0.0931. The zero-order chi connectivity index (χ0) is 47.2. The van der Waals surface area contributed by atoms with Crippen LogP contribution in [0.1, 0.15) is 265 Å². The summed E-state index contributed by atoms with van der Waals surface area (Å²) in [7, 11) is 0. The Morgan fingerprint density at radius 1 is 0.308 bits per heavy atom. The predicted octanol–water partition coefficient (Wildman–Crippen LogP) is 18.2. The van der Waals surface area contributed by atoms with Crippen LogP contribution in [-0.2, 0) is 28.6 Å². The van der Waals surface area contributed by atoms with Gasteiger partial charge in [0.2, 0.25) is 0 Å². The fourth-order valence-electron chi connectivity index (χ4n) is 7.47. The lowest BCUT2D eigenvalue weighted by molar-refractivity contribution is -0.167. The molecule has 0 bridgehead atoms. The smallest absolute Gasteiger partial charge is 0.306 e. The second kappa shape index (κ2) is 53.5. The molecule has 0 aromatic rings. The van der Waals surface area contributed by atoms with Crippen molar-refractivity contribution in [3.05, 3.63) is 72.9 Å². The van der Waals surface area contributed by atoms with Crippen LogP contribution in [0.25, 0.3) is 0 Å². The van der Waals surface area contributed by atoms with Crippen LogP contribution in [0, 0.1) is 0 Å². The fourth-order valence-corrected chi connectivity index (χ4v) is 7.47. The summed E-state index contributed by atoms with van der Waals surface area (Å²) in [6.45, 7) is 6.56. The van der Waals surface area contributed by atoms with Gasteiger partial charge in [-0.2, -0.15) is 0 Å². The van der Waals surface area contributed by atoms with Gasteiger partial charge in [0.1, 0.15) is 13.2 Å². The molecule has 6 nitrogen and oxygen atoms in total. The van der Waals surface area contributed by atoms with Crippen molar-refractivity contribution in [2.75, 3.05) is 13.2 Å². The highest BCUT2D eigenvalue weighted by atomic mass is 16.6. The average Bonchev–Trinajstić information content (AvgIpc) is 3.30. The van der Waals surface area contributed by atoms with Crippen molar-refractivity contribution in [3.8, 4) is 0 Å². The van der Waals surface area contributed by atoms with Crippen LogP contribution in [0.3, 0.4) is 0 Å². The summed E-state index contributed by atoms with van der Waals surface area (Å²) in [6.07, 6.45) is 67.4. The maximum Gasteiger partial charge on any atom is 0.306 e. The summed E-state index contributed by atoms with van der Waals surface area (Å²) in [4.78, 5) is 38.0. The molecule has 0 saturated heterocycles. The Morgan fingerprint density at radius 2 is 0.554 bits per heavy atom. The molecule has 65 heavy (non-hydrogen) atoms. The second-order valence-corrected chi connectivity index (χ2v) is 18.1. The highest BCUT2D eigenvalue weighted by Crippen LogP contribution is 2.14. The van der Waals surface area contributed by atoms with Gasteiger partial charge >= 0.3 is 17.9 Å². The van der Waals surface area contributed by atoms with Crippen molar-refractivity contribution in [1.29, 1.82) is 0 Å². The van der Waals surface area contributed by atoms with Crippen molar-refractivity contribution < 1.29 is 28.6 Å². The number of carbonyl (C=O) groups is 3. The van der Waals surface area contributed by atoms with Crippen LogP contribution >= 0.6 is 0 Å². The van der Waals surface area contributed by atoms with Gasteiger partial charge in [0.05, 0.1) is 0 Å². The normalized spacial score (nSPS) is 12.6. The number of hydrogen-bond donors (Lipinski definition) is 0. The second-order valence-electron chi connectivity index (χ2n) is 18.1. The van der Waals surface area contributed by atoms with Crippen LogP contribution < -0.4 is 0 Å². The van der Waals surface area contributed by atoms with Crippen LogP contribution in [0.2, 0.25) is 0 Å². The lowest BCUT2D eigenvalue weighted by Gasteiger charge is -2.18. The Hall–Kier alpha value is -3.15. The van der Waals surface area contributed by atoms with E-state index in [9.17, 15) is 14.4 Å². The number of carbonyl (C=O) groups excluding carboxylic acids is 3. The first-order valence-corrected chi connectivity index (χ1v) is 27.4. The molecule has 0 aromatic heterocycles. The van der Waals surface area contributed by atoms with E-state index in [-0.39, 0.29) is 31.1 Å². The third-order valence-corrected chi connectivity index (χ3v) is 11.7. The molecule has 0 fully saturated rings. The van der Waals surface area contributed by atoms with E-state index in [0.29, 0.717) is 19.3 Å². The van der Waals surface area contributed by atoms with Gasteiger partial charge in [0, 0.05) is 19.3 Å². The monoisotopic (exact) mass is 907 g/mol. The van der Waals surface area contributed by atoms with Gasteiger partial charge in [-0.1, -0.05) is 203 Å². The molecule has 0 heterocycles. The molecule has 0 saturated carbocycles. The van der Waals surface area contributed by atoms with Gasteiger partial charge < -0.3 is 14.2 Å². The van der Waals surface area contributed by atoms with Crippen LogP contribution in [0.4, 0.5) is 0 Å². The maximum absolute atomic E-state index is 12.8. The Kier molecular flexibility index (Phi) is 50.9. The number of esters is 3. The lowest BCUT2D eigenvalue weighted by Crippen LogP contribution is -2.30. The number of unbranched alkanes of at least 4 members (excludes halogenated alkanes) is 26. The Bertz CT molecular complexity index is 1230. The highest BCUT2D eigenvalue weighted by molar-refractivity contribution is 5.71. The van der Waals surface area contributed by atoms with Gasteiger partial charge in [-0.25, -0.2) is 0 Å². The van der Waals surface area contributed by atoms with Crippen molar-refractivity contribution in [2.45, 2.75) is 271 Å². The third-order valence-electron chi connectivity index (χ3n) is 11.7. The van der Waals surface area contributed by atoms with E-state index in [1.54, 1.807) is 0 Å². The molecule has 0 aliphatic rings. The van der Waals surface area contributed by atoms with Gasteiger partial charge in [-0.15, -0.1) is 0 Å². The molecule has 0 N–H and O–H groups in total. The van der Waals surface area contributed by atoms with Crippen LogP contribution in [0.5, 0.6) is 0 Å². The first-order valence-electron chi connectivity index (χ1n) is 27.4. The zero-order valence-electron chi connectivity index (χ0n) is 42.7. The van der Waals surface area contributed by atoms with E-state index in [1.165, 1.54) is 122 Å².